The molecular weight excluding hydrogens is 380 g/mol. The lowest BCUT2D eigenvalue weighted by Crippen LogP contribution is -2.00. The molecule has 3 aromatic rings. The summed E-state index contributed by atoms with van der Waals surface area (Å²) in [6.07, 6.45) is 1.69. The fraction of sp³-hybridized carbons (Fsp3) is 0.125. The number of non-ortho nitro benzene ring substituents is 1. The Morgan fingerprint density at radius 1 is 1.10 bits per heavy atom. The van der Waals surface area contributed by atoms with Crippen molar-refractivity contribution in [1.29, 1.82) is 5.26 Å². The van der Waals surface area contributed by atoms with Gasteiger partial charge in [0.15, 0.2) is 11.5 Å². The van der Waals surface area contributed by atoms with Crippen LogP contribution >= 0.6 is 0 Å². The predicted octanol–water partition coefficient (Wildman–Crippen LogP) is 5.56. The average Bonchev–Trinajstić information content (AvgIpc) is 2.77. The molecule has 30 heavy (non-hydrogen) atoms. The molecule has 0 heterocycles. The summed E-state index contributed by atoms with van der Waals surface area (Å²) < 4.78 is 11.5. The monoisotopic (exact) mass is 400 g/mol. The smallest absolute Gasteiger partial charge is 0.269 e. The highest BCUT2D eigenvalue weighted by atomic mass is 16.6. The molecule has 0 saturated heterocycles. The zero-order chi connectivity index (χ0) is 21.5. The molecule has 0 amide bonds. The lowest BCUT2D eigenvalue weighted by atomic mass is 10.0. The van der Waals surface area contributed by atoms with Gasteiger partial charge >= 0.3 is 0 Å². The third-order valence-electron chi connectivity index (χ3n) is 4.54. The first-order valence-electron chi connectivity index (χ1n) is 9.24. The van der Waals surface area contributed by atoms with Crippen LogP contribution in [0.3, 0.4) is 0 Å². The summed E-state index contributed by atoms with van der Waals surface area (Å²) >= 11 is 0. The van der Waals surface area contributed by atoms with E-state index in [1.54, 1.807) is 31.4 Å². The van der Waals surface area contributed by atoms with Gasteiger partial charge in [-0.25, -0.2) is 0 Å². The van der Waals surface area contributed by atoms with Gasteiger partial charge in [0.05, 0.1) is 23.7 Å². The number of methoxy groups -OCH3 is 1. The van der Waals surface area contributed by atoms with Crippen LogP contribution in [0, 0.1) is 28.4 Å². The molecule has 0 bridgehead atoms. The van der Waals surface area contributed by atoms with E-state index in [4.69, 9.17) is 9.47 Å². The van der Waals surface area contributed by atoms with E-state index in [2.05, 4.69) is 6.07 Å². The largest absolute Gasteiger partial charge is 0.493 e. The Hall–Kier alpha value is -4.11. The molecule has 0 atom stereocenters. The number of nitriles is 1. The normalized spacial score (nSPS) is 10.9. The van der Waals surface area contributed by atoms with Crippen LogP contribution in [0.25, 0.3) is 11.6 Å². The van der Waals surface area contributed by atoms with Crippen LogP contribution in [0.4, 0.5) is 5.69 Å². The molecule has 0 aliphatic heterocycles. The van der Waals surface area contributed by atoms with Gasteiger partial charge in [0, 0.05) is 17.7 Å². The molecule has 0 N–H and O–H groups in total. The Bertz CT molecular complexity index is 1110. The highest BCUT2D eigenvalue weighted by molar-refractivity contribution is 5.91. The van der Waals surface area contributed by atoms with Gasteiger partial charge in [0.25, 0.3) is 5.69 Å². The third-order valence-corrected chi connectivity index (χ3v) is 4.54. The Balaban J connectivity index is 1.94. The zero-order valence-corrected chi connectivity index (χ0v) is 16.7. The van der Waals surface area contributed by atoms with Gasteiger partial charge in [-0.2, -0.15) is 5.26 Å². The summed E-state index contributed by atoms with van der Waals surface area (Å²) in [5.74, 6) is 1.08. The first kappa shape index (κ1) is 20.6. The molecule has 0 spiro atoms. The van der Waals surface area contributed by atoms with Crippen molar-refractivity contribution >= 4 is 17.3 Å². The van der Waals surface area contributed by atoms with Crippen molar-refractivity contribution < 1.29 is 14.4 Å². The number of nitrogens with zero attached hydrogens (tertiary/aromatic N) is 2. The topological polar surface area (TPSA) is 85.4 Å². The van der Waals surface area contributed by atoms with Crippen molar-refractivity contribution in [2.24, 2.45) is 0 Å². The van der Waals surface area contributed by atoms with Gasteiger partial charge in [-0.05, 0) is 42.3 Å². The molecule has 0 unspecified atom stereocenters. The summed E-state index contributed by atoms with van der Waals surface area (Å²) in [7, 11) is 1.56. The fourth-order valence-electron chi connectivity index (χ4n) is 2.90. The van der Waals surface area contributed by atoms with Crippen LogP contribution < -0.4 is 9.47 Å². The van der Waals surface area contributed by atoms with Crippen molar-refractivity contribution in [3.63, 3.8) is 0 Å². The Labute approximate surface area is 174 Å². The van der Waals surface area contributed by atoms with Crippen molar-refractivity contribution in [2.75, 3.05) is 7.11 Å². The summed E-state index contributed by atoms with van der Waals surface area (Å²) in [4.78, 5) is 10.4. The molecular formula is C24H20N2O4. The van der Waals surface area contributed by atoms with E-state index < -0.39 is 4.92 Å². The number of ether oxygens (including phenoxy) is 2. The highest BCUT2D eigenvalue weighted by Gasteiger charge is 2.12. The molecule has 6 nitrogen and oxygen atoms in total. The van der Waals surface area contributed by atoms with E-state index in [0.717, 1.165) is 5.56 Å². The van der Waals surface area contributed by atoms with Crippen LogP contribution in [0.5, 0.6) is 11.5 Å². The standard InChI is InChI=1S/C24H20N2O4/c1-17-6-8-18(9-7-17)16-30-24-20(4-3-5-23(24)29-2)14-21(15-25)19-10-12-22(13-11-19)26(27)28/h3-14H,16H2,1-2H3. The van der Waals surface area contributed by atoms with E-state index in [1.807, 2.05) is 43.3 Å². The van der Waals surface area contributed by atoms with Gasteiger partial charge in [-0.3, -0.25) is 10.1 Å². The Kier molecular flexibility index (Phi) is 6.46. The van der Waals surface area contributed by atoms with Gasteiger partial charge in [-0.1, -0.05) is 42.0 Å². The summed E-state index contributed by atoms with van der Waals surface area (Å²) in [5.41, 5.74) is 3.77. The maximum Gasteiger partial charge on any atom is 0.269 e. The second kappa shape index (κ2) is 9.39. The van der Waals surface area contributed by atoms with E-state index >= 15 is 0 Å². The van der Waals surface area contributed by atoms with Gasteiger partial charge < -0.3 is 9.47 Å². The number of benzene rings is 3. The molecule has 0 saturated carbocycles. The van der Waals surface area contributed by atoms with Crippen molar-refractivity contribution in [3.05, 3.63) is 99.1 Å². The predicted molar refractivity (Wildman–Crippen MR) is 115 cm³/mol. The number of rotatable bonds is 7. The number of para-hydroxylation sites is 1. The number of aryl methyl sites for hydroxylation is 1. The molecule has 3 rings (SSSR count). The van der Waals surface area contributed by atoms with Crippen molar-refractivity contribution in [2.45, 2.75) is 13.5 Å². The first-order valence-corrected chi connectivity index (χ1v) is 9.24. The minimum absolute atomic E-state index is 0.0282. The second-order valence-corrected chi connectivity index (χ2v) is 6.63. The molecule has 6 heteroatoms. The summed E-state index contributed by atoms with van der Waals surface area (Å²) in [6.45, 7) is 2.37. The summed E-state index contributed by atoms with van der Waals surface area (Å²) in [5, 5.41) is 20.5. The fourth-order valence-corrected chi connectivity index (χ4v) is 2.90. The van der Waals surface area contributed by atoms with Crippen LogP contribution in [-0.2, 0) is 6.61 Å². The van der Waals surface area contributed by atoms with Gasteiger partial charge in [0.1, 0.15) is 6.61 Å². The highest BCUT2D eigenvalue weighted by Crippen LogP contribution is 2.34. The van der Waals surface area contributed by atoms with Crippen molar-refractivity contribution in [1.82, 2.24) is 0 Å². The van der Waals surface area contributed by atoms with Crippen LogP contribution in [-0.4, -0.2) is 12.0 Å². The summed E-state index contributed by atoms with van der Waals surface area (Å²) in [6, 6.07) is 21.5. The molecule has 0 fully saturated rings. The lowest BCUT2D eigenvalue weighted by Gasteiger charge is -2.14. The Morgan fingerprint density at radius 2 is 1.80 bits per heavy atom. The van der Waals surface area contributed by atoms with E-state index in [9.17, 15) is 15.4 Å². The van der Waals surface area contributed by atoms with Crippen LogP contribution in [0.15, 0.2) is 66.7 Å². The molecule has 3 aromatic carbocycles. The average molecular weight is 400 g/mol. The van der Waals surface area contributed by atoms with Crippen molar-refractivity contribution in [3.8, 4) is 17.6 Å². The first-order chi connectivity index (χ1) is 14.5. The van der Waals surface area contributed by atoms with Crippen LogP contribution in [0.1, 0.15) is 22.3 Å². The minimum atomic E-state index is -0.474. The minimum Gasteiger partial charge on any atom is -0.493 e. The molecule has 0 aliphatic carbocycles. The van der Waals surface area contributed by atoms with E-state index in [-0.39, 0.29) is 5.69 Å². The van der Waals surface area contributed by atoms with E-state index in [1.165, 1.54) is 17.7 Å². The molecule has 0 aliphatic rings. The van der Waals surface area contributed by atoms with Gasteiger partial charge in [-0.15, -0.1) is 0 Å². The zero-order valence-electron chi connectivity index (χ0n) is 16.7. The number of allylic oxidation sites excluding steroid dienone is 1. The molecule has 0 aromatic heterocycles. The maximum atomic E-state index is 10.9. The number of hydrogen-bond donors (Lipinski definition) is 0. The molecule has 0 radical (unpaired) electrons. The SMILES string of the molecule is COc1cccc(C=C(C#N)c2ccc([N+](=O)[O-])cc2)c1OCc1ccc(C)cc1. The molecule has 150 valence electrons. The number of nitro benzene ring substituents is 1. The van der Waals surface area contributed by atoms with E-state index in [0.29, 0.717) is 34.8 Å². The van der Waals surface area contributed by atoms with Crippen LogP contribution in [0.2, 0.25) is 0 Å². The lowest BCUT2D eigenvalue weighted by molar-refractivity contribution is -0.384. The maximum absolute atomic E-state index is 10.9. The van der Waals surface area contributed by atoms with Gasteiger partial charge in [0.2, 0.25) is 0 Å². The number of hydrogen-bond acceptors (Lipinski definition) is 5. The third kappa shape index (κ3) is 4.83. The number of nitro groups is 1. The Morgan fingerprint density at radius 3 is 2.40 bits per heavy atom. The quantitative estimate of drug-likeness (QED) is 0.224. The second-order valence-electron chi connectivity index (χ2n) is 6.63.